The monoisotopic (exact) mass is 941 g/mol. The molecule has 1 aliphatic heterocycles. The molecule has 0 saturated carbocycles. The number of rotatable bonds is 27. The topological polar surface area (TPSA) is 375 Å². The number of anilines is 1. The van der Waals surface area contributed by atoms with E-state index in [1.165, 1.54) is 26.7 Å². The van der Waals surface area contributed by atoms with E-state index in [-0.39, 0.29) is 48.0 Å². The molecule has 2 aromatic rings. The fourth-order valence-electron chi connectivity index (χ4n) is 5.41. The van der Waals surface area contributed by atoms with Gasteiger partial charge in [-0.15, -0.1) is 0 Å². The maximum absolute atomic E-state index is 12.6. The van der Waals surface area contributed by atoms with E-state index in [0.717, 1.165) is 48.2 Å². The second-order valence-corrected chi connectivity index (χ2v) is 19.3. The zero-order valence-electron chi connectivity index (χ0n) is 33.5. The number of nitrogens with zero attached hydrogens (tertiary/aromatic N) is 4. The molecule has 0 aliphatic carbocycles. The summed E-state index contributed by atoms with van der Waals surface area (Å²) < 4.78 is 60.6. The molecule has 3 heterocycles. The first-order chi connectivity index (χ1) is 28.6. The van der Waals surface area contributed by atoms with Crippen LogP contribution >= 0.6 is 35.2 Å². The molecule has 0 bridgehead atoms. The first-order valence-corrected chi connectivity index (χ1v) is 24.2. The minimum absolute atomic E-state index is 0.0212. The van der Waals surface area contributed by atoms with E-state index in [0.29, 0.717) is 5.75 Å². The number of amides is 2. The summed E-state index contributed by atoms with van der Waals surface area (Å²) in [6, 6.07) is 0. The number of imidazole rings is 1. The molecular formula is C33H50N7O17P3S-4. The highest BCUT2D eigenvalue weighted by molar-refractivity contribution is 8.13. The second-order valence-electron chi connectivity index (χ2n) is 14.1. The number of phosphoric ester groups is 3. The Hall–Kier alpha value is -2.96. The normalized spacial score (nSPS) is 21.1. The zero-order chi connectivity index (χ0) is 45.4. The van der Waals surface area contributed by atoms with Crippen molar-refractivity contribution in [3.8, 4) is 0 Å². The third-order valence-corrected chi connectivity index (χ3v) is 12.5. The van der Waals surface area contributed by atoms with E-state index in [1.807, 2.05) is 6.08 Å². The lowest BCUT2D eigenvalue weighted by Crippen LogP contribution is -2.46. The highest BCUT2D eigenvalue weighted by atomic mass is 32.2. The number of phosphoric acid groups is 3. The summed E-state index contributed by atoms with van der Waals surface area (Å²) >= 11 is 1.07. The third-order valence-electron chi connectivity index (χ3n) is 8.60. The lowest BCUT2D eigenvalue weighted by atomic mass is 9.87. The van der Waals surface area contributed by atoms with Crippen molar-refractivity contribution in [3.05, 3.63) is 37.0 Å². The molecule has 28 heteroatoms. The Bertz CT molecular complexity index is 1980. The number of ether oxygens (including phenoxy) is 1. The quantitative estimate of drug-likeness (QED) is 0.0432. The third kappa shape index (κ3) is 18.0. The number of aromatic nitrogens is 4. The SMILES string of the molecule is CCCCC/C=C\C/C=C\CC(=O)SCCNC(=O)CCNC(=O)[C@H](O)C(C)(C)COP(=O)([O-])OP(=O)([O-])OC[C@H]1O[C@@H](n2cnc3c(N)ncnc32)[C@H](O)[C@@H]1OP(=O)([O-])[O-]. The van der Waals surface area contributed by atoms with E-state index in [4.69, 9.17) is 10.5 Å². The first-order valence-electron chi connectivity index (χ1n) is 18.8. The van der Waals surface area contributed by atoms with Gasteiger partial charge in [-0.3, -0.25) is 28.1 Å². The van der Waals surface area contributed by atoms with Crippen LogP contribution < -0.4 is 35.9 Å². The van der Waals surface area contributed by atoms with Crippen LogP contribution in [0.15, 0.2) is 37.0 Å². The van der Waals surface area contributed by atoms with Crippen LogP contribution in [0.25, 0.3) is 11.2 Å². The molecule has 1 aliphatic rings. The van der Waals surface area contributed by atoms with Gasteiger partial charge in [-0.25, -0.2) is 19.3 Å². The molecule has 2 unspecified atom stereocenters. The Morgan fingerprint density at radius 2 is 1.74 bits per heavy atom. The van der Waals surface area contributed by atoms with Crippen LogP contribution in [0.5, 0.6) is 0 Å². The van der Waals surface area contributed by atoms with Gasteiger partial charge < -0.3 is 69.0 Å². The van der Waals surface area contributed by atoms with Crippen molar-refractivity contribution >= 4 is 69.1 Å². The molecule has 1 fully saturated rings. The van der Waals surface area contributed by atoms with Crippen molar-refractivity contribution in [1.82, 2.24) is 30.2 Å². The summed E-state index contributed by atoms with van der Waals surface area (Å²) in [5.41, 5.74) is 4.07. The number of allylic oxidation sites excluding steroid dienone is 4. The molecule has 2 amide bonds. The zero-order valence-corrected chi connectivity index (χ0v) is 37.0. The van der Waals surface area contributed by atoms with Gasteiger partial charge in [0, 0.05) is 37.1 Å². The standard InChI is InChI=1S/C33H54N7O17P3S/c1-4-5-6-7-8-9-10-11-12-13-24(42)61-17-16-35-23(41)14-15-36-31(45)28(44)33(2,3)19-54-60(51,52)57-59(49,50)53-18-22-27(56-58(46,47)48)26(43)32(55-22)40-21-39-25-29(34)37-20-38-30(25)40/h8-9,11-12,20-22,26-28,32,43-44H,4-7,10,13-19H2,1-3H3,(H,35,41)(H,36,45)(H,49,50)(H,51,52)(H2,34,37,38)(H2,46,47,48)/p-4/b9-8-,12-11-/t22-,26-,27-,28+,32-/m1/s1. The summed E-state index contributed by atoms with van der Waals surface area (Å²) in [5, 5.41) is 26.2. The second kappa shape index (κ2) is 24.2. The predicted octanol–water partition coefficient (Wildman–Crippen LogP) is -0.390. The number of carbonyl (C=O) groups is 3. The van der Waals surface area contributed by atoms with Crippen molar-refractivity contribution in [3.63, 3.8) is 0 Å². The van der Waals surface area contributed by atoms with Crippen LogP contribution in [0.4, 0.5) is 5.82 Å². The van der Waals surface area contributed by atoms with E-state index < -0.39 is 84.6 Å². The first kappa shape index (κ1) is 52.4. The number of hydrogen-bond donors (Lipinski definition) is 5. The maximum Gasteiger partial charge on any atom is 0.274 e. The van der Waals surface area contributed by atoms with Gasteiger partial charge in [-0.2, -0.15) is 0 Å². The van der Waals surface area contributed by atoms with Crippen molar-refractivity contribution in [2.75, 3.05) is 37.8 Å². The summed E-state index contributed by atoms with van der Waals surface area (Å²) in [6.07, 6.45) is 5.89. The molecular weight excluding hydrogens is 891 g/mol. The number of nitrogens with one attached hydrogen (secondary N) is 2. The van der Waals surface area contributed by atoms with Crippen LogP contribution in [0.3, 0.4) is 0 Å². The van der Waals surface area contributed by atoms with E-state index in [9.17, 15) is 57.9 Å². The number of thioether (sulfide) groups is 1. The van der Waals surface area contributed by atoms with Crippen LogP contribution in [-0.2, 0) is 50.7 Å². The fourth-order valence-corrected chi connectivity index (χ4v) is 8.79. The van der Waals surface area contributed by atoms with E-state index in [2.05, 4.69) is 62.5 Å². The van der Waals surface area contributed by atoms with Gasteiger partial charge in [0.25, 0.3) is 15.6 Å². The number of aliphatic hydroxyl groups excluding tert-OH is 2. The van der Waals surface area contributed by atoms with Crippen molar-refractivity contribution in [2.24, 2.45) is 5.41 Å². The highest BCUT2D eigenvalue weighted by Crippen LogP contribution is 2.56. The molecule has 344 valence electrons. The summed E-state index contributed by atoms with van der Waals surface area (Å²) in [7, 11) is -17.6. The van der Waals surface area contributed by atoms with Gasteiger partial charge >= 0.3 is 0 Å². The van der Waals surface area contributed by atoms with E-state index in [1.54, 1.807) is 6.08 Å². The van der Waals surface area contributed by atoms with Gasteiger partial charge in [0.2, 0.25) is 11.8 Å². The van der Waals surface area contributed by atoms with E-state index >= 15 is 0 Å². The van der Waals surface area contributed by atoms with Gasteiger partial charge in [0.1, 0.15) is 36.3 Å². The minimum atomic E-state index is -5.92. The summed E-state index contributed by atoms with van der Waals surface area (Å²) in [5.74, 6) is -1.21. The Balaban J connectivity index is 1.40. The van der Waals surface area contributed by atoms with Gasteiger partial charge in [0.15, 0.2) is 22.8 Å². The Kier molecular flexibility index (Phi) is 20.8. The molecule has 7 atom stereocenters. The lowest BCUT2D eigenvalue weighted by molar-refractivity contribution is -0.347. The maximum atomic E-state index is 12.6. The molecule has 0 spiro atoms. The van der Waals surface area contributed by atoms with Crippen molar-refractivity contribution in [2.45, 2.75) is 96.4 Å². The number of unbranched alkanes of at least 4 members (excludes halogenated alkanes) is 3. The minimum Gasteiger partial charge on any atom is -0.790 e. The van der Waals surface area contributed by atoms with Gasteiger partial charge in [0.05, 0.1) is 27.4 Å². The van der Waals surface area contributed by atoms with Gasteiger partial charge in [-0.1, -0.05) is 69.7 Å². The predicted molar refractivity (Wildman–Crippen MR) is 210 cm³/mol. The van der Waals surface area contributed by atoms with Crippen molar-refractivity contribution in [1.29, 1.82) is 0 Å². The average Bonchev–Trinajstić information content (AvgIpc) is 3.73. The number of nitrogen functional groups attached to an aromatic ring is 1. The molecule has 61 heavy (non-hydrogen) atoms. The number of hydrogen-bond acceptors (Lipinski definition) is 22. The largest absolute Gasteiger partial charge is 0.790 e. The smallest absolute Gasteiger partial charge is 0.274 e. The van der Waals surface area contributed by atoms with Crippen LogP contribution in [-0.4, -0.2) is 103 Å². The number of carbonyl (C=O) groups excluding carboxylic acids is 3. The summed E-state index contributed by atoms with van der Waals surface area (Å²) in [6.45, 7) is 2.25. The van der Waals surface area contributed by atoms with Crippen LogP contribution in [0.2, 0.25) is 0 Å². The summed E-state index contributed by atoms with van der Waals surface area (Å²) in [4.78, 5) is 96.3. The molecule has 0 aromatic carbocycles. The Morgan fingerprint density at radius 3 is 2.44 bits per heavy atom. The number of fused-ring (bicyclic) bond motifs is 1. The molecule has 2 aromatic heterocycles. The molecule has 1 saturated heterocycles. The molecule has 3 rings (SSSR count). The lowest BCUT2D eigenvalue weighted by Gasteiger charge is -2.36. The van der Waals surface area contributed by atoms with Crippen LogP contribution in [0, 0.1) is 5.41 Å². The number of nitrogens with two attached hydrogens (primary N) is 1. The fraction of sp³-hybridized carbons (Fsp3) is 0.636. The molecule has 0 radical (unpaired) electrons. The Morgan fingerprint density at radius 1 is 1.03 bits per heavy atom. The van der Waals surface area contributed by atoms with Crippen LogP contribution in [0.1, 0.15) is 71.9 Å². The molecule has 24 nitrogen and oxygen atoms in total. The number of aliphatic hydroxyl groups is 2. The van der Waals surface area contributed by atoms with Gasteiger partial charge in [-0.05, 0) is 19.3 Å². The Labute approximate surface area is 355 Å². The van der Waals surface area contributed by atoms with Crippen molar-refractivity contribution < 1.29 is 80.5 Å². The molecule has 6 N–H and O–H groups in total. The highest BCUT2D eigenvalue weighted by Gasteiger charge is 2.47. The average molecular weight is 942 g/mol.